The summed E-state index contributed by atoms with van der Waals surface area (Å²) in [6, 6.07) is 1.42. The third-order valence-corrected chi connectivity index (χ3v) is 4.13. The van der Waals surface area contributed by atoms with Crippen molar-refractivity contribution in [1.82, 2.24) is 0 Å². The summed E-state index contributed by atoms with van der Waals surface area (Å²) in [5.41, 5.74) is 11.4. The van der Waals surface area contributed by atoms with Gasteiger partial charge in [0.25, 0.3) is 0 Å². The number of nitrogen functional groups attached to an aromatic ring is 2. The standard InChI is InChI=1S/C13H21ClFN3O/c1-3-13(4-2,7-19)6-18-12-9(17)5-8(16)10(14)11(12)15/h5,18-19H,3-4,6-7,16-17H2,1-2H3. The number of hydrogen-bond acceptors (Lipinski definition) is 4. The molecule has 0 amide bonds. The van der Waals surface area contributed by atoms with Crippen molar-refractivity contribution in [2.45, 2.75) is 26.7 Å². The lowest BCUT2D eigenvalue weighted by molar-refractivity contribution is 0.127. The molecule has 0 bridgehead atoms. The molecule has 108 valence electrons. The van der Waals surface area contributed by atoms with Crippen LogP contribution in [0.2, 0.25) is 5.02 Å². The summed E-state index contributed by atoms with van der Waals surface area (Å²) >= 11 is 5.76. The second-order valence-corrected chi connectivity index (χ2v) is 5.15. The van der Waals surface area contributed by atoms with Crippen LogP contribution in [0.25, 0.3) is 0 Å². The Morgan fingerprint density at radius 1 is 1.32 bits per heavy atom. The van der Waals surface area contributed by atoms with E-state index in [9.17, 15) is 9.50 Å². The van der Waals surface area contributed by atoms with Gasteiger partial charge in [-0.05, 0) is 18.9 Å². The summed E-state index contributed by atoms with van der Waals surface area (Å²) in [7, 11) is 0. The Hall–Kier alpha value is -1.20. The number of nitrogens with two attached hydrogens (primary N) is 2. The lowest BCUT2D eigenvalue weighted by atomic mass is 9.83. The smallest absolute Gasteiger partial charge is 0.169 e. The molecule has 1 rings (SSSR count). The van der Waals surface area contributed by atoms with Crippen LogP contribution in [0.4, 0.5) is 21.5 Å². The van der Waals surface area contributed by atoms with Gasteiger partial charge < -0.3 is 21.9 Å². The third-order valence-electron chi connectivity index (χ3n) is 3.74. The second-order valence-electron chi connectivity index (χ2n) is 4.78. The zero-order valence-electron chi connectivity index (χ0n) is 11.3. The Kier molecular flexibility index (Phi) is 5.26. The normalized spacial score (nSPS) is 11.6. The van der Waals surface area contributed by atoms with Crippen molar-refractivity contribution in [1.29, 1.82) is 0 Å². The highest BCUT2D eigenvalue weighted by molar-refractivity contribution is 6.33. The summed E-state index contributed by atoms with van der Waals surface area (Å²) in [5, 5.41) is 12.3. The number of hydrogen-bond donors (Lipinski definition) is 4. The fourth-order valence-corrected chi connectivity index (χ4v) is 2.05. The van der Waals surface area contributed by atoms with Crippen molar-refractivity contribution in [2.24, 2.45) is 5.41 Å². The molecule has 0 fully saturated rings. The lowest BCUT2D eigenvalue weighted by Crippen LogP contribution is -2.32. The molecule has 0 heterocycles. The summed E-state index contributed by atoms with van der Waals surface area (Å²) in [6.45, 7) is 4.41. The van der Waals surface area contributed by atoms with Crippen LogP contribution in [0.1, 0.15) is 26.7 Å². The maximum absolute atomic E-state index is 14.0. The molecule has 0 aromatic heterocycles. The molecule has 0 saturated carbocycles. The minimum atomic E-state index is -0.654. The number of halogens is 2. The molecule has 19 heavy (non-hydrogen) atoms. The van der Waals surface area contributed by atoms with E-state index in [1.807, 2.05) is 13.8 Å². The summed E-state index contributed by atoms with van der Waals surface area (Å²) in [6.07, 6.45) is 1.55. The Bertz CT molecular complexity index is 442. The maximum atomic E-state index is 14.0. The molecule has 0 spiro atoms. The highest BCUT2D eigenvalue weighted by Crippen LogP contribution is 2.35. The first-order valence-corrected chi connectivity index (χ1v) is 6.66. The molecule has 0 aliphatic heterocycles. The van der Waals surface area contributed by atoms with E-state index in [4.69, 9.17) is 23.1 Å². The fraction of sp³-hybridized carbons (Fsp3) is 0.538. The van der Waals surface area contributed by atoms with Crippen molar-refractivity contribution in [3.63, 3.8) is 0 Å². The van der Waals surface area contributed by atoms with Gasteiger partial charge >= 0.3 is 0 Å². The number of aliphatic hydroxyl groups is 1. The molecule has 0 atom stereocenters. The average molecular weight is 290 g/mol. The number of anilines is 3. The molecule has 4 nitrogen and oxygen atoms in total. The Balaban J connectivity index is 2.98. The van der Waals surface area contributed by atoms with Gasteiger partial charge in [0.1, 0.15) is 5.02 Å². The first kappa shape index (κ1) is 15.9. The number of nitrogens with one attached hydrogen (secondary N) is 1. The third kappa shape index (κ3) is 3.22. The number of benzene rings is 1. The molecule has 1 aromatic carbocycles. The largest absolute Gasteiger partial charge is 0.397 e. The second kappa shape index (κ2) is 6.30. The maximum Gasteiger partial charge on any atom is 0.169 e. The first-order chi connectivity index (χ1) is 8.90. The fourth-order valence-electron chi connectivity index (χ4n) is 1.90. The van der Waals surface area contributed by atoms with Crippen LogP contribution in [0, 0.1) is 11.2 Å². The highest BCUT2D eigenvalue weighted by Gasteiger charge is 2.26. The molecule has 0 aliphatic carbocycles. The molecule has 0 saturated heterocycles. The van der Waals surface area contributed by atoms with E-state index in [-0.39, 0.29) is 34.1 Å². The van der Waals surface area contributed by atoms with E-state index in [0.29, 0.717) is 6.54 Å². The average Bonchev–Trinajstić information content (AvgIpc) is 2.41. The quantitative estimate of drug-likeness (QED) is 0.607. The molecular formula is C13H21ClFN3O. The van der Waals surface area contributed by atoms with E-state index in [1.165, 1.54) is 6.07 Å². The van der Waals surface area contributed by atoms with Crippen LogP contribution in [0.5, 0.6) is 0 Å². The van der Waals surface area contributed by atoms with Crippen molar-refractivity contribution < 1.29 is 9.50 Å². The van der Waals surface area contributed by atoms with Gasteiger partial charge in [0.05, 0.1) is 23.7 Å². The minimum Gasteiger partial charge on any atom is -0.397 e. The molecule has 0 aliphatic rings. The summed E-state index contributed by atoms with van der Waals surface area (Å²) in [5.74, 6) is -0.654. The highest BCUT2D eigenvalue weighted by atomic mass is 35.5. The van der Waals surface area contributed by atoms with E-state index in [2.05, 4.69) is 5.32 Å². The Labute approximate surface area is 117 Å². The van der Waals surface area contributed by atoms with Gasteiger partial charge in [0.15, 0.2) is 5.82 Å². The molecule has 6 N–H and O–H groups in total. The molecule has 6 heteroatoms. The van der Waals surface area contributed by atoms with Crippen LogP contribution in [0.3, 0.4) is 0 Å². The van der Waals surface area contributed by atoms with Crippen LogP contribution in [-0.4, -0.2) is 18.3 Å². The van der Waals surface area contributed by atoms with Crippen molar-refractivity contribution in [3.8, 4) is 0 Å². The Morgan fingerprint density at radius 2 is 1.89 bits per heavy atom. The SMILES string of the molecule is CCC(CC)(CO)CNc1c(N)cc(N)c(Cl)c1F. The van der Waals surface area contributed by atoms with Crippen molar-refractivity contribution in [3.05, 3.63) is 16.9 Å². The zero-order valence-corrected chi connectivity index (χ0v) is 12.0. The first-order valence-electron chi connectivity index (χ1n) is 6.28. The summed E-state index contributed by atoms with van der Waals surface area (Å²) in [4.78, 5) is 0. The van der Waals surface area contributed by atoms with E-state index < -0.39 is 5.82 Å². The van der Waals surface area contributed by atoms with Gasteiger partial charge in [0, 0.05) is 12.0 Å². The van der Waals surface area contributed by atoms with Gasteiger partial charge in [-0.15, -0.1) is 0 Å². The lowest BCUT2D eigenvalue weighted by Gasteiger charge is -2.30. The molecule has 0 radical (unpaired) electrons. The molecule has 1 aromatic rings. The van der Waals surface area contributed by atoms with Gasteiger partial charge in [0.2, 0.25) is 0 Å². The molecule has 0 unspecified atom stereocenters. The van der Waals surface area contributed by atoms with Crippen LogP contribution in [-0.2, 0) is 0 Å². The van der Waals surface area contributed by atoms with Gasteiger partial charge in [-0.25, -0.2) is 4.39 Å². The van der Waals surface area contributed by atoms with E-state index >= 15 is 0 Å². The van der Waals surface area contributed by atoms with Crippen LogP contribution < -0.4 is 16.8 Å². The van der Waals surface area contributed by atoms with Crippen LogP contribution in [0.15, 0.2) is 6.07 Å². The predicted octanol–water partition coefficient (Wildman–Crippen LogP) is 2.85. The predicted molar refractivity (Wildman–Crippen MR) is 78.8 cm³/mol. The van der Waals surface area contributed by atoms with Crippen molar-refractivity contribution >= 4 is 28.7 Å². The minimum absolute atomic E-state index is 0.0250. The number of rotatable bonds is 6. The summed E-state index contributed by atoms with van der Waals surface area (Å²) < 4.78 is 14.0. The Morgan fingerprint density at radius 3 is 2.37 bits per heavy atom. The van der Waals surface area contributed by atoms with E-state index in [0.717, 1.165) is 12.8 Å². The van der Waals surface area contributed by atoms with Crippen LogP contribution >= 0.6 is 11.6 Å². The van der Waals surface area contributed by atoms with Gasteiger partial charge in [-0.2, -0.15) is 0 Å². The molecular weight excluding hydrogens is 269 g/mol. The number of aliphatic hydroxyl groups excluding tert-OH is 1. The van der Waals surface area contributed by atoms with Gasteiger partial charge in [-0.3, -0.25) is 0 Å². The zero-order chi connectivity index (χ0) is 14.6. The monoisotopic (exact) mass is 289 g/mol. The van der Waals surface area contributed by atoms with Gasteiger partial charge in [-0.1, -0.05) is 25.4 Å². The van der Waals surface area contributed by atoms with Crippen molar-refractivity contribution in [2.75, 3.05) is 29.9 Å². The topological polar surface area (TPSA) is 84.3 Å². The van der Waals surface area contributed by atoms with E-state index in [1.54, 1.807) is 0 Å².